The fourth-order valence-electron chi connectivity index (χ4n) is 2.39. The van der Waals surface area contributed by atoms with E-state index in [1.54, 1.807) is 0 Å². The molecule has 10 heteroatoms. The predicted molar refractivity (Wildman–Crippen MR) is 78.4 cm³/mol. The number of nitrogens with one attached hydrogen (secondary N) is 1. The number of aliphatic hydroxyl groups is 2. The van der Waals surface area contributed by atoms with Crippen LogP contribution in [0.15, 0.2) is 18.3 Å². The molecule has 1 unspecified atom stereocenters. The van der Waals surface area contributed by atoms with Crippen molar-refractivity contribution in [2.45, 2.75) is 42.1 Å². The Hall–Kier alpha value is -1.18. The van der Waals surface area contributed by atoms with Gasteiger partial charge in [-0.3, -0.25) is 9.78 Å². The maximum atomic E-state index is 13.0. The van der Waals surface area contributed by atoms with E-state index < -0.39 is 41.3 Å². The van der Waals surface area contributed by atoms with Gasteiger partial charge in [0, 0.05) is 0 Å². The van der Waals surface area contributed by atoms with Crippen molar-refractivity contribution in [3.63, 3.8) is 0 Å². The number of carbonyl (C=O) groups is 1. The summed E-state index contributed by atoms with van der Waals surface area (Å²) in [5, 5.41) is 20.7. The third-order valence-electron chi connectivity index (χ3n) is 3.83. The molecule has 0 spiro atoms. The molecule has 1 amide bonds. The van der Waals surface area contributed by atoms with Crippen molar-refractivity contribution < 1.29 is 32.9 Å². The number of amides is 1. The van der Waals surface area contributed by atoms with Crippen molar-refractivity contribution >= 4 is 27.9 Å². The van der Waals surface area contributed by atoms with Crippen molar-refractivity contribution in [2.24, 2.45) is 0 Å². The van der Waals surface area contributed by atoms with Crippen LogP contribution in [0.25, 0.3) is 0 Å². The summed E-state index contributed by atoms with van der Waals surface area (Å²) in [6.07, 6.45) is -6.07. The molecule has 0 aliphatic carbocycles. The van der Waals surface area contributed by atoms with Gasteiger partial charge in [0.1, 0.15) is 28.5 Å². The van der Waals surface area contributed by atoms with E-state index in [1.807, 2.05) is 0 Å². The van der Waals surface area contributed by atoms with Gasteiger partial charge in [-0.05, 0) is 25.5 Å². The molecule has 2 heterocycles. The molecule has 1 aromatic heterocycles. The second-order valence-corrected chi connectivity index (χ2v) is 6.65. The standard InChI is InChI=1S/C14H16F3N2O4.Al/c1-13(14(15,16)17)5-4-11(23-13)12(22)19-8-2-3-9(18-6-8)10(21)7-20;/h2-4,6,10-11,20-21H,5,7H2,1H3,(H,19,22);/t10-,11-,13-;/m0./s1. The minimum Gasteiger partial charge on any atom is -0.393 e. The second-order valence-electron chi connectivity index (χ2n) is 5.79. The third kappa shape index (κ3) is 3.90. The van der Waals surface area contributed by atoms with Crippen molar-refractivity contribution in [3.05, 3.63) is 24.0 Å². The van der Waals surface area contributed by atoms with Gasteiger partial charge in [-0.1, -0.05) is 4.78 Å². The zero-order chi connectivity index (χ0) is 18.1. The van der Waals surface area contributed by atoms with E-state index in [9.17, 15) is 23.1 Å². The number of alkyl halides is 3. The van der Waals surface area contributed by atoms with Crippen LogP contribution in [-0.4, -0.2) is 61.9 Å². The monoisotopic (exact) mass is 360 g/mol. The molecule has 0 bridgehead atoms. The first kappa shape index (κ1) is 19.2. The number of rotatable bonds is 4. The second kappa shape index (κ2) is 6.98. The van der Waals surface area contributed by atoms with Gasteiger partial charge in [0.05, 0.1) is 24.2 Å². The van der Waals surface area contributed by atoms with Crippen LogP contribution in [0.3, 0.4) is 0 Å². The quantitative estimate of drug-likeness (QED) is 0.700. The highest BCUT2D eigenvalue weighted by molar-refractivity contribution is 6.15. The number of anilines is 1. The Morgan fingerprint density at radius 1 is 1.58 bits per heavy atom. The summed E-state index contributed by atoms with van der Waals surface area (Å²) in [5.41, 5.74) is -1.91. The van der Waals surface area contributed by atoms with E-state index >= 15 is 0 Å². The fraction of sp³-hybridized carbons (Fsp3) is 0.571. The van der Waals surface area contributed by atoms with E-state index in [1.165, 1.54) is 18.3 Å². The number of aliphatic hydroxyl groups excluding tert-OH is 2. The normalized spacial score (nSPS) is 28.6. The molecule has 1 saturated heterocycles. The smallest absolute Gasteiger partial charge is 0.393 e. The van der Waals surface area contributed by atoms with Crippen LogP contribution in [0.2, 0.25) is 4.78 Å². The van der Waals surface area contributed by atoms with E-state index in [0.29, 0.717) is 0 Å². The van der Waals surface area contributed by atoms with Crippen LogP contribution in [0.1, 0.15) is 25.1 Å². The number of halogens is 3. The lowest BCUT2D eigenvalue weighted by atomic mass is 10.0. The SMILES string of the molecule is C[C@@]1(C(F)(F)F)C[CH]([Al])[C@@H](C(=O)Nc2ccc([C@@H](O)CO)nc2)O1. The van der Waals surface area contributed by atoms with E-state index in [0.717, 1.165) is 6.92 Å². The molecule has 4 atom stereocenters. The van der Waals surface area contributed by atoms with Crippen LogP contribution >= 0.6 is 0 Å². The van der Waals surface area contributed by atoms with Gasteiger partial charge in [-0.15, -0.1) is 0 Å². The highest BCUT2D eigenvalue weighted by atomic mass is 27.0. The molecular weight excluding hydrogens is 344 g/mol. The van der Waals surface area contributed by atoms with Gasteiger partial charge in [0.15, 0.2) is 5.60 Å². The van der Waals surface area contributed by atoms with Gasteiger partial charge in [-0.25, -0.2) is 0 Å². The van der Waals surface area contributed by atoms with Crippen molar-refractivity contribution in [1.29, 1.82) is 0 Å². The number of hydrogen-bond acceptors (Lipinski definition) is 5. The number of nitrogens with zero attached hydrogens (tertiary/aromatic N) is 1. The van der Waals surface area contributed by atoms with Crippen LogP contribution in [-0.2, 0) is 9.53 Å². The molecule has 24 heavy (non-hydrogen) atoms. The molecular formula is C14H16AlF3N2O4. The molecule has 1 aliphatic rings. The minimum absolute atomic E-state index is 0.209. The van der Waals surface area contributed by atoms with Gasteiger partial charge in [0.2, 0.25) is 0 Å². The largest absolute Gasteiger partial charge is 0.417 e. The summed E-state index contributed by atoms with van der Waals surface area (Å²) in [6, 6.07) is 2.82. The lowest BCUT2D eigenvalue weighted by Gasteiger charge is -2.27. The zero-order valence-corrected chi connectivity index (χ0v) is 13.9. The Morgan fingerprint density at radius 2 is 2.25 bits per heavy atom. The summed E-state index contributed by atoms with van der Waals surface area (Å²) in [6.45, 7) is 0.420. The average Bonchev–Trinajstić information content (AvgIpc) is 2.83. The maximum Gasteiger partial charge on any atom is 0.417 e. The molecule has 6 nitrogen and oxygen atoms in total. The average molecular weight is 360 g/mol. The van der Waals surface area contributed by atoms with Crippen LogP contribution in [0.5, 0.6) is 0 Å². The van der Waals surface area contributed by atoms with Gasteiger partial charge < -0.3 is 20.3 Å². The Labute approximate surface area is 144 Å². The molecule has 1 aromatic rings. The van der Waals surface area contributed by atoms with Crippen LogP contribution < -0.4 is 5.32 Å². The van der Waals surface area contributed by atoms with Crippen molar-refractivity contribution in [2.75, 3.05) is 11.9 Å². The molecule has 1 fully saturated rings. The molecule has 0 aromatic carbocycles. The van der Waals surface area contributed by atoms with E-state index in [2.05, 4.69) is 26.6 Å². The Bertz CT molecular complexity index is 599. The van der Waals surface area contributed by atoms with Gasteiger partial charge in [-0.2, -0.15) is 13.2 Å². The maximum absolute atomic E-state index is 13.0. The summed E-state index contributed by atoms with van der Waals surface area (Å²) in [4.78, 5) is 16.0. The summed E-state index contributed by atoms with van der Waals surface area (Å²) in [5.74, 6) is -0.708. The van der Waals surface area contributed by atoms with Gasteiger partial charge in [0.25, 0.3) is 5.91 Å². The highest BCUT2D eigenvalue weighted by Gasteiger charge is 2.59. The topological polar surface area (TPSA) is 91.7 Å². The minimum atomic E-state index is -4.57. The van der Waals surface area contributed by atoms with Crippen LogP contribution in [0.4, 0.5) is 18.9 Å². The number of hydrogen-bond donors (Lipinski definition) is 3. The number of ether oxygens (including phenoxy) is 1. The first-order valence-corrected chi connectivity index (χ1v) is 7.80. The molecule has 2 rings (SSSR count). The molecule has 0 saturated carbocycles. The first-order valence-electron chi connectivity index (χ1n) is 7.13. The predicted octanol–water partition coefficient (Wildman–Crippen LogP) is 1.11. The van der Waals surface area contributed by atoms with E-state index in [4.69, 9.17) is 9.84 Å². The molecule has 2 radical (unpaired) electrons. The summed E-state index contributed by atoms with van der Waals surface area (Å²) >= 11 is 2.21. The Balaban J connectivity index is 2.05. The van der Waals surface area contributed by atoms with Crippen molar-refractivity contribution in [1.82, 2.24) is 4.98 Å². The fourth-order valence-corrected chi connectivity index (χ4v) is 3.09. The number of pyridine rings is 1. The molecule has 1 aliphatic heterocycles. The lowest BCUT2D eigenvalue weighted by molar-refractivity contribution is -0.261. The highest BCUT2D eigenvalue weighted by Crippen LogP contribution is 2.47. The number of carbonyl (C=O) groups excluding carboxylic acids is 1. The third-order valence-corrected chi connectivity index (χ3v) is 4.41. The zero-order valence-electron chi connectivity index (χ0n) is 12.7. The lowest BCUT2D eigenvalue weighted by Crippen LogP contribution is -2.43. The molecule has 130 valence electrons. The van der Waals surface area contributed by atoms with E-state index in [-0.39, 0.29) is 17.8 Å². The summed E-state index contributed by atoms with van der Waals surface area (Å²) < 4.78 is 43.4. The Morgan fingerprint density at radius 3 is 2.71 bits per heavy atom. The van der Waals surface area contributed by atoms with Gasteiger partial charge >= 0.3 is 6.18 Å². The first-order chi connectivity index (χ1) is 11.1. The van der Waals surface area contributed by atoms with Crippen molar-refractivity contribution in [3.8, 4) is 0 Å². The molecule has 3 N–H and O–H groups in total. The number of aromatic nitrogens is 1. The summed E-state index contributed by atoms with van der Waals surface area (Å²) in [7, 11) is 0. The van der Waals surface area contributed by atoms with Crippen LogP contribution in [0, 0.1) is 0 Å². The Kier molecular flexibility index (Phi) is 5.57.